The number of aryl methyl sites for hydroxylation is 1. The van der Waals surface area contributed by atoms with Crippen LogP contribution in [0, 0.1) is 6.92 Å². The Hall–Kier alpha value is -2.12. The number of hydrogen-bond donors (Lipinski definition) is 1. The minimum absolute atomic E-state index is 0.0511. The van der Waals surface area contributed by atoms with E-state index < -0.39 is 0 Å². The normalized spacial score (nSPS) is 14.8. The molecule has 1 N–H and O–H groups in total. The fourth-order valence-electron chi connectivity index (χ4n) is 3.56. The summed E-state index contributed by atoms with van der Waals surface area (Å²) in [6, 6.07) is 13.2. The summed E-state index contributed by atoms with van der Waals surface area (Å²) in [6.07, 6.45) is 0. The van der Waals surface area contributed by atoms with Crippen LogP contribution < -0.4 is 5.32 Å². The van der Waals surface area contributed by atoms with Crippen molar-refractivity contribution in [2.24, 2.45) is 0 Å². The fraction of sp³-hybridized carbons (Fsp3) is 0.273. The Morgan fingerprint density at radius 2 is 1.83 bits per heavy atom. The molecule has 5 nitrogen and oxygen atoms in total. The van der Waals surface area contributed by atoms with E-state index in [2.05, 4.69) is 10.2 Å². The molecular weight excluding hydrogens is 441 g/mol. The van der Waals surface area contributed by atoms with Gasteiger partial charge >= 0.3 is 0 Å². The maximum atomic E-state index is 13.0. The quantitative estimate of drug-likeness (QED) is 0.600. The number of thiophene rings is 1. The van der Waals surface area contributed by atoms with Gasteiger partial charge in [0.2, 0.25) is 5.91 Å². The summed E-state index contributed by atoms with van der Waals surface area (Å²) < 4.78 is 0.905. The first-order chi connectivity index (χ1) is 14.4. The molecule has 0 atom stereocenters. The fourth-order valence-corrected chi connectivity index (χ4v) is 5.31. The van der Waals surface area contributed by atoms with Gasteiger partial charge in [-0.25, -0.2) is 0 Å². The smallest absolute Gasteiger partial charge is 0.265 e. The predicted octanol–water partition coefficient (Wildman–Crippen LogP) is 4.91. The van der Waals surface area contributed by atoms with Gasteiger partial charge in [0.15, 0.2) is 0 Å². The number of amides is 2. The molecule has 30 heavy (non-hydrogen) atoms. The van der Waals surface area contributed by atoms with Crippen LogP contribution >= 0.6 is 34.5 Å². The summed E-state index contributed by atoms with van der Waals surface area (Å²) in [5.41, 5.74) is 1.90. The number of nitrogens with one attached hydrogen (secondary N) is 1. The van der Waals surface area contributed by atoms with Gasteiger partial charge in [0.1, 0.15) is 4.88 Å². The van der Waals surface area contributed by atoms with E-state index in [0.29, 0.717) is 47.6 Å². The zero-order chi connectivity index (χ0) is 21.3. The maximum absolute atomic E-state index is 13.0. The van der Waals surface area contributed by atoms with Crippen LogP contribution in [0.2, 0.25) is 10.0 Å². The molecule has 1 fully saturated rings. The van der Waals surface area contributed by atoms with Gasteiger partial charge in [-0.15, -0.1) is 11.3 Å². The van der Waals surface area contributed by atoms with E-state index in [1.54, 1.807) is 11.0 Å². The molecule has 8 heteroatoms. The average Bonchev–Trinajstić information content (AvgIpc) is 3.03. The van der Waals surface area contributed by atoms with Crippen molar-refractivity contribution >= 4 is 62.1 Å². The Bertz CT molecular complexity index is 1110. The molecule has 1 aromatic heterocycles. The van der Waals surface area contributed by atoms with Crippen molar-refractivity contribution < 1.29 is 9.59 Å². The monoisotopic (exact) mass is 461 g/mol. The molecule has 2 amide bonds. The van der Waals surface area contributed by atoms with Crippen molar-refractivity contribution in [3.8, 4) is 0 Å². The summed E-state index contributed by atoms with van der Waals surface area (Å²) in [7, 11) is 0. The van der Waals surface area contributed by atoms with Crippen molar-refractivity contribution in [1.82, 2.24) is 9.80 Å². The second-order valence-electron chi connectivity index (χ2n) is 7.37. The van der Waals surface area contributed by atoms with Crippen molar-refractivity contribution in [2.75, 3.05) is 38.0 Å². The zero-order valence-electron chi connectivity index (χ0n) is 16.5. The van der Waals surface area contributed by atoms with E-state index >= 15 is 0 Å². The third-order valence-corrected chi connectivity index (χ3v) is 6.99. The van der Waals surface area contributed by atoms with Gasteiger partial charge in [0, 0.05) is 47.0 Å². The Labute approximate surface area is 189 Å². The number of nitrogens with zero attached hydrogens (tertiary/aromatic N) is 2. The number of carbonyl (C=O) groups is 2. The molecule has 0 unspecified atom stereocenters. The predicted molar refractivity (Wildman–Crippen MR) is 124 cm³/mol. The largest absolute Gasteiger partial charge is 0.335 e. The first-order valence-corrected chi connectivity index (χ1v) is 11.2. The van der Waals surface area contributed by atoms with E-state index in [1.165, 1.54) is 11.3 Å². The van der Waals surface area contributed by atoms with Gasteiger partial charge in [0.05, 0.1) is 11.6 Å². The SMILES string of the molecule is Cc1cccc(NC(=O)CN2CCN(C(=O)c3sc4cc(Cl)ccc4c3Cl)CC2)c1. The van der Waals surface area contributed by atoms with Crippen molar-refractivity contribution in [3.05, 3.63) is 63.0 Å². The number of halogens is 2. The lowest BCUT2D eigenvalue weighted by Gasteiger charge is -2.34. The van der Waals surface area contributed by atoms with Crippen LogP contribution in [0.4, 0.5) is 5.69 Å². The van der Waals surface area contributed by atoms with E-state index in [0.717, 1.165) is 21.3 Å². The van der Waals surface area contributed by atoms with Gasteiger partial charge < -0.3 is 10.2 Å². The van der Waals surface area contributed by atoms with Crippen LogP contribution in [0.1, 0.15) is 15.2 Å². The number of hydrogen-bond acceptors (Lipinski definition) is 4. The molecule has 0 aliphatic carbocycles. The summed E-state index contributed by atoms with van der Waals surface area (Å²) in [5, 5.41) is 4.88. The molecule has 0 radical (unpaired) electrons. The topological polar surface area (TPSA) is 52.7 Å². The van der Waals surface area contributed by atoms with Gasteiger partial charge in [-0.3, -0.25) is 14.5 Å². The van der Waals surface area contributed by atoms with E-state index in [1.807, 2.05) is 43.3 Å². The lowest BCUT2D eigenvalue weighted by molar-refractivity contribution is -0.117. The summed E-state index contributed by atoms with van der Waals surface area (Å²) >= 11 is 13.9. The standard InChI is InChI=1S/C22H21Cl2N3O2S/c1-14-3-2-4-16(11-14)25-19(28)13-26-7-9-27(10-8-26)22(29)21-20(24)17-6-5-15(23)12-18(17)30-21/h2-6,11-12H,7-10,13H2,1H3,(H,25,28). The number of fused-ring (bicyclic) bond motifs is 1. The summed E-state index contributed by atoms with van der Waals surface area (Å²) in [5.74, 6) is -0.119. The van der Waals surface area contributed by atoms with Crippen molar-refractivity contribution in [3.63, 3.8) is 0 Å². The molecule has 3 aromatic rings. The second kappa shape index (κ2) is 8.94. The van der Waals surface area contributed by atoms with E-state index in [-0.39, 0.29) is 11.8 Å². The molecule has 0 bridgehead atoms. The summed E-state index contributed by atoms with van der Waals surface area (Å²) in [4.78, 5) is 29.7. The molecule has 0 spiro atoms. The number of anilines is 1. The highest BCUT2D eigenvalue weighted by atomic mass is 35.5. The van der Waals surface area contributed by atoms with Crippen LogP contribution in [0.15, 0.2) is 42.5 Å². The number of benzene rings is 2. The van der Waals surface area contributed by atoms with Crippen molar-refractivity contribution in [2.45, 2.75) is 6.92 Å². The van der Waals surface area contributed by atoms with Crippen LogP contribution in [0.5, 0.6) is 0 Å². The highest BCUT2D eigenvalue weighted by molar-refractivity contribution is 7.21. The minimum Gasteiger partial charge on any atom is -0.335 e. The van der Waals surface area contributed by atoms with Crippen LogP contribution in [0.3, 0.4) is 0 Å². The highest BCUT2D eigenvalue weighted by Gasteiger charge is 2.26. The Morgan fingerprint density at radius 1 is 1.07 bits per heavy atom. The number of rotatable bonds is 4. The Kier molecular flexibility index (Phi) is 6.29. The average molecular weight is 462 g/mol. The lowest BCUT2D eigenvalue weighted by Crippen LogP contribution is -2.50. The minimum atomic E-state index is -0.0683. The van der Waals surface area contributed by atoms with Gasteiger partial charge in [-0.05, 0) is 36.8 Å². The van der Waals surface area contributed by atoms with Crippen LogP contribution in [-0.2, 0) is 4.79 Å². The van der Waals surface area contributed by atoms with Gasteiger partial charge in [-0.2, -0.15) is 0 Å². The lowest BCUT2D eigenvalue weighted by atomic mass is 10.2. The van der Waals surface area contributed by atoms with Gasteiger partial charge in [-0.1, -0.05) is 41.4 Å². The molecule has 156 valence electrons. The maximum Gasteiger partial charge on any atom is 0.265 e. The first kappa shape index (κ1) is 21.1. The molecule has 1 aliphatic heterocycles. The van der Waals surface area contributed by atoms with E-state index in [9.17, 15) is 9.59 Å². The second-order valence-corrected chi connectivity index (χ2v) is 9.24. The Balaban J connectivity index is 1.34. The third kappa shape index (κ3) is 4.62. The molecular formula is C22H21Cl2N3O2S. The van der Waals surface area contributed by atoms with Crippen LogP contribution in [-0.4, -0.2) is 54.3 Å². The molecule has 2 heterocycles. The molecule has 2 aromatic carbocycles. The molecule has 4 rings (SSSR count). The summed E-state index contributed by atoms with van der Waals surface area (Å²) in [6.45, 7) is 4.69. The first-order valence-electron chi connectivity index (χ1n) is 9.66. The van der Waals surface area contributed by atoms with Gasteiger partial charge in [0.25, 0.3) is 5.91 Å². The van der Waals surface area contributed by atoms with E-state index in [4.69, 9.17) is 23.2 Å². The molecule has 1 saturated heterocycles. The Morgan fingerprint density at radius 3 is 2.57 bits per heavy atom. The van der Waals surface area contributed by atoms with Crippen LogP contribution in [0.25, 0.3) is 10.1 Å². The molecule has 1 aliphatic rings. The van der Waals surface area contributed by atoms with Crippen molar-refractivity contribution in [1.29, 1.82) is 0 Å². The number of carbonyl (C=O) groups excluding carboxylic acids is 2. The number of piperazine rings is 1. The highest BCUT2D eigenvalue weighted by Crippen LogP contribution is 2.37. The molecule has 0 saturated carbocycles. The zero-order valence-corrected chi connectivity index (χ0v) is 18.8. The third-order valence-electron chi connectivity index (χ3n) is 5.11.